The van der Waals surface area contributed by atoms with Gasteiger partial charge in [0.15, 0.2) is 11.5 Å². The SMILES string of the molecule is N#C/C(=C\c1cn(Cc2ccccc2)nc1-c1ccc2c(c1)OCCCO2)C(=O)NCC1CCCO1. The molecule has 8 heteroatoms. The van der Waals surface area contributed by atoms with Gasteiger partial charge in [0.2, 0.25) is 0 Å². The van der Waals surface area contributed by atoms with Gasteiger partial charge in [0, 0.05) is 36.9 Å². The predicted octanol–water partition coefficient (Wildman–Crippen LogP) is 3.96. The van der Waals surface area contributed by atoms with Gasteiger partial charge >= 0.3 is 0 Å². The number of ether oxygens (including phenoxy) is 3. The molecule has 3 heterocycles. The third-order valence-electron chi connectivity index (χ3n) is 6.18. The minimum atomic E-state index is -0.423. The van der Waals surface area contributed by atoms with Gasteiger partial charge in [-0.2, -0.15) is 10.4 Å². The van der Waals surface area contributed by atoms with Gasteiger partial charge in [-0.1, -0.05) is 30.3 Å². The molecular formula is C28H28N4O4. The molecule has 1 fully saturated rings. The fourth-order valence-corrected chi connectivity index (χ4v) is 4.34. The smallest absolute Gasteiger partial charge is 0.262 e. The Labute approximate surface area is 210 Å². The van der Waals surface area contributed by atoms with Gasteiger partial charge in [-0.05, 0) is 42.7 Å². The van der Waals surface area contributed by atoms with Crippen molar-refractivity contribution in [2.75, 3.05) is 26.4 Å². The molecule has 0 aliphatic carbocycles. The van der Waals surface area contributed by atoms with Crippen molar-refractivity contribution >= 4 is 12.0 Å². The second-order valence-corrected chi connectivity index (χ2v) is 8.84. The molecule has 0 bridgehead atoms. The lowest BCUT2D eigenvalue weighted by Gasteiger charge is -2.10. The first-order valence-electron chi connectivity index (χ1n) is 12.2. The topological polar surface area (TPSA) is 98.4 Å². The molecule has 1 N–H and O–H groups in total. The predicted molar refractivity (Wildman–Crippen MR) is 134 cm³/mol. The monoisotopic (exact) mass is 484 g/mol. The van der Waals surface area contributed by atoms with E-state index in [0.29, 0.717) is 55.7 Å². The van der Waals surface area contributed by atoms with Gasteiger partial charge < -0.3 is 19.5 Å². The number of hydrogen-bond acceptors (Lipinski definition) is 6. The standard InChI is InChI=1S/C28H28N4O4/c29-16-22(28(33)30-17-24-8-4-11-34-24)14-23-19-32(18-20-6-2-1-3-7-20)31-27(23)21-9-10-25-26(15-21)36-13-5-12-35-25/h1-3,6-7,9-10,14-15,19,24H,4-5,8,11-13,17-18H2,(H,30,33)/b22-14+. The second kappa shape index (κ2) is 11.1. The van der Waals surface area contributed by atoms with E-state index in [0.717, 1.165) is 30.4 Å². The lowest BCUT2D eigenvalue weighted by atomic mass is 10.0. The van der Waals surface area contributed by atoms with Crippen LogP contribution < -0.4 is 14.8 Å². The zero-order valence-electron chi connectivity index (χ0n) is 20.0. The van der Waals surface area contributed by atoms with Crippen molar-refractivity contribution < 1.29 is 19.0 Å². The first-order valence-corrected chi connectivity index (χ1v) is 12.2. The Morgan fingerprint density at radius 1 is 1.11 bits per heavy atom. The zero-order valence-corrected chi connectivity index (χ0v) is 20.0. The second-order valence-electron chi connectivity index (χ2n) is 8.84. The van der Waals surface area contributed by atoms with E-state index in [2.05, 4.69) is 5.32 Å². The maximum Gasteiger partial charge on any atom is 0.262 e. The summed E-state index contributed by atoms with van der Waals surface area (Å²) in [6.07, 6.45) is 6.16. The number of benzene rings is 2. The summed E-state index contributed by atoms with van der Waals surface area (Å²) in [6, 6.07) is 17.7. The van der Waals surface area contributed by atoms with E-state index in [-0.39, 0.29) is 11.7 Å². The third-order valence-corrected chi connectivity index (χ3v) is 6.18. The van der Waals surface area contributed by atoms with Gasteiger partial charge in [0.1, 0.15) is 11.6 Å². The van der Waals surface area contributed by atoms with Crippen LogP contribution >= 0.6 is 0 Å². The van der Waals surface area contributed by atoms with Crippen LogP contribution in [0.3, 0.4) is 0 Å². The maximum atomic E-state index is 12.8. The lowest BCUT2D eigenvalue weighted by molar-refractivity contribution is -0.117. The number of carbonyl (C=O) groups is 1. The fraction of sp³-hybridized carbons (Fsp3) is 0.321. The Kier molecular flexibility index (Phi) is 7.29. The molecule has 1 atom stereocenters. The summed E-state index contributed by atoms with van der Waals surface area (Å²) in [6.45, 7) is 2.84. The number of nitrogens with zero attached hydrogens (tertiary/aromatic N) is 3. The van der Waals surface area contributed by atoms with Crippen molar-refractivity contribution in [2.45, 2.75) is 31.9 Å². The number of fused-ring (bicyclic) bond motifs is 1. The summed E-state index contributed by atoms with van der Waals surface area (Å²) in [5.41, 5.74) is 3.25. The molecule has 8 nitrogen and oxygen atoms in total. The normalized spacial score (nSPS) is 17.3. The van der Waals surface area contributed by atoms with Crippen LogP contribution in [0.5, 0.6) is 11.5 Å². The highest BCUT2D eigenvalue weighted by atomic mass is 16.5. The van der Waals surface area contributed by atoms with Crippen molar-refractivity contribution in [1.29, 1.82) is 5.26 Å². The van der Waals surface area contributed by atoms with E-state index in [1.165, 1.54) is 0 Å². The van der Waals surface area contributed by atoms with Crippen LogP contribution in [0.1, 0.15) is 30.4 Å². The Morgan fingerprint density at radius 2 is 1.94 bits per heavy atom. The maximum absolute atomic E-state index is 12.8. The summed E-state index contributed by atoms with van der Waals surface area (Å²) in [7, 11) is 0. The average molecular weight is 485 g/mol. The molecule has 1 unspecified atom stereocenters. The van der Waals surface area contributed by atoms with E-state index in [1.807, 2.05) is 65.5 Å². The molecule has 1 amide bonds. The van der Waals surface area contributed by atoms with Crippen molar-refractivity contribution in [3.8, 4) is 28.8 Å². The van der Waals surface area contributed by atoms with E-state index in [1.54, 1.807) is 6.08 Å². The quantitative estimate of drug-likeness (QED) is 0.403. The minimum absolute atomic E-state index is 0.000118. The number of nitrogens with one attached hydrogen (secondary N) is 1. The van der Waals surface area contributed by atoms with Crippen LogP contribution in [-0.4, -0.2) is 48.2 Å². The molecule has 0 saturated carbocycles. The molecule has 1 aromatic heterocycles. The molecule has 3 aromatic rings. The molecule has 0 radical (unpaired) electrons. The average Bonchev–Trinajstić information content (AvgIpc) is 3.50. The largest absolute Gasteiger partial charge is 0.490 e. The Balaban J connectivity index is 1.47. The van der Waals surface area contributed by atoms with Gasteiger partial charge in [-0.25, -0.2) is 0 Å². The molecule has 36 heavy (non-hydrogen) atoms. The van der Waals surface area contributed by atoms with Crippen LogP contribution in [0, 0.1) is 11.3 Å². The number of amides is 1. The number of hydrogen-bond donors (Lipinski definition) is 1. The first kappa shape index (κ1) is 23.6. The van der Waals surface area contributed by atoms with Crippen LogP contribution in [0.15, 0.2) is 60.3 Å². The third kappa shape index (κ3) is 5.58. The Morgan fingerprint density at radius 3 is 2.72 bits per heavy atom. The first-order chi connectivity index (χ1) is 17.7. The number of aromatic nitrogens is 2. The van der Waals surface area contributed by atoms with Crippen LogP contribution in [0.25, 0.3) is 17.3 Å². The van der Waals surface area contributed by atoms with E-state index in [9.17, 15) is 10.1 Å². The molecule has 2 aliphatic rings. The molecule has 2 aliphatic heterocycles. The van der Waals surface area contributed by atoms with E-state index >= 15 is 0 Å². The molecule has 1 saturated heterocycles. The minimum Gasteiger partial charge on any atom is -0.490 e. The van der Waals surface area contributed by atoms with E-state index in [4.69, 9.17) is 19.3 Å². The Bertz CT molecular complexity index is 1290. The lowest BCUT2D eigenvalue weighted by Crippen LogP contribution is -2.32. The summed E-state index contributed by atoms with van der Waals surface area (Å²) in [5.74, 6) is 0.934. The van der Waals surface area contributed by atoms with Crippen molar-refractivity contribution in [2.24, 2.45) is 0 Å². The molecule has 5 rings (SSSR count). The van der Waals surface area contributed by atoms with Gasteiger partial charge in [-0.15, -0.1) is 0 Å². The highest BCUT2D eigenvalue weighted by Gasteiger charge is 2.20. The van der Waals surface area contributed by atoms with Gasteiger partial charge in [0.25, 0.3) is 5.91 Å². The van der Waals surface area contributed by atoms with Crippen molar-refractivity contribution in [1.82, 2.24) is 15.1 Å². The molecular weight excluding hydrogens is 456 g/mol. The van der Waals surface area contributed by atoms with Crippen LogP contribution in [0.4, 0.5) is 0 Å². The summed E-state index contributed by atoms with van der Waals surface area (Å²) in [4.78, 5) is 12.8. The highest BCUT2D eigenvalue weighted by molar-refractivity contribution is 6.02. The number of carbonyl (C=O) groups excluding carboxylic acids is 1. The Hall–Kier alpha value is -4.09. The zero-order chi connectivity index (χ0) is 24.7. The molecule has 2 aromatic carbocycles. The summed E-state index contributed by atoms with van der Waals surface area (Å²) < 4.78 is 19.0. The van der Waals surface area contributed by atoms with Gasteiger partial charge in [-0.3, -0.25) is 9.48 Å². The number of nitriles is 1. The summed E-state index contributed by atoms with van der Waals surface area (Å²) in [5, 5.41) is 17.4. The van der Waals surface area contributed by atoms with Gasteiger partial charge in [0.05, 0.1) is 31.6 Å². The fourth-order valence-electron chi connectivity index (χ4n) is 4.34. The van der Waals surface area contributed by atoms with Crippen molar-refractivity contribution in [3.05, 3.63) is 71.4 Å². The molecule has 184 valence electrons. The number of rotatable bonds is 7. The summed E-state index contributed by atoms with van der Waals surface area (Å²) >= 11 is 0. The van der Waals surface area contributed by atoms with E-state index < -0.39 is 5.91 Å². The van der Waals surface area contributed by atoms with Crippen LogP contribution in [-0.2, 0) is 16.1 Å². The highest BCUT2D eigenvalue weighted by Crippen LogP contribution is 2.35. The molecule has 0 spiro atoms. The van der Waals surface area contributed by atoms with Crippen molar-refractivity contribution in [3.63, 3.8) is 0 Å². The van der Waals surface area contributed by atoms with Crippen LogP contribution in [0.2, 0.25) is 0 Å².